The van der Waals surface area contributed by atoms with E-state index in [0.717, 1.165) is 5.56 Å². The van der Waals surface area contributed by atoms with Crippen LogP contribution < -0.4 is 4.74 Å². The average Bonchev–Trinajstić information content (AvgIpc) is 2.46. The third-order valence-corrected chi connectivity index (χ3v) is 3.93. The lowest BCUT2D eigenvalue weighted by Gasteiger charge is -2.30. The molecule has 0 atom stereocenters. The highest BCUT2D eigenvalue weighted by atomic mass is 35.5. The van der Waals surface area contributed by atoms with Crippen molar-refractivity contribution in [3.8, 4) is 5.75 Å². The summed E-state index contributed by atoms with van der Waals surface area (Å²) < 4.78 is 5.44. The standard InChI is InChI=1S/C15H18ClNO4/c1-10-2-3-13(12(16)8-10)21-9-14(18)17-6-4-11(5-7-17)15(19)20/h2-3,8,11H,4-7,9H2,1H3,(H,19,20). The first-order valence-electron chi connectivity index (χ1n) is 6.87. The van der Waals surface area contributed by atoms with E-state index in [0.29, 0.717) is 36.7 Å². The number of halogens is 1. The Labute approximate surface area is 128 Å². The summed E-state index contributed by atoms with van der Waals surface area (Å²) in [7, 11) is 0. The van der Waals surface area contributed by atoms with Crippen molar-refractivity contribution < 1.29 is 19.4 Å². The maximum absolute atomic E-state index is 12.0. The molecule has 1 aliphatic rings. The number of aryl methyl sites for hydroxylation is 1. The van der Waals surface area contributed by atoms with E-state index in [9.17, 15) is 9.59 Å². The van der Waals surface area contributed by atoms with Crippen molar-refractivity contribution in [1.82, 2.24) is 4.90 Å². The number of aliphatic carboxylic acids is 1. The predicted molar refractivity (Wildman–Crippen MR) is 78.6 cm³/mol. The molecule has 0 spiro atoms. The van der Waals surface area contributed by atoms with Gasteiger partial charge in [-0.25, -0.2) is 0 Å². The van der Waals surface area contributed by atoms with Gasteiger partial charge in [-0.2, -0.15) is 0 Å². The molecule has 1 saturated heterocycles. The summed E-state index contributed by atoms with van der Waals surface area (Å²) in [6, 6.07) is 5.38. The van der Waals surface area contributed by atoms with Crippen molar-refractivity contribution >= 4 is 23.5 Å². The van der Waals surface area contributed by atoms with E-state index < -0.39 is 5.97 Å². The molecule has 1 N–H and O–H groups in total. The molecule has 1 aromatic carbocycles. The number of carboxylic acids is 1. The number of ether oxygens (including phenoxy) is 1. The molecule has 0 saturated carbocycles. The van der Waals surface area contributed by atoms with E-state index in [1.54, 1.807) is 17.0 Å². The number of nitrogens with zero attached hydrogens (tertiary/aromatic N) is 1. The van der Waals surface area contributed by atoms with Gasteiger partial charge in [0.1, 0.15) is 5.75 Å². The van der Waals surface area contributed by atoms with Crippen molar-refractivity contribution in [1.29, 1.82) is 0 Å². The Morgan fingerprint density at radius 1 is 1.38 bits per heavy atom. The molecular weight excluding hydrogens is 294 g/mol. The fourth-order valence-corrected chi connectivity index (χ4v) is 2.62. The Kier molecular flexibility index (Phi) is 5.07. The monoisotopic (exact) mass is 311 g/mol. The van der Waals surface area contributed by atoms with Crippen LogP contribution in [0, 0.1) is 12.8 Å². The largest absolute Gasteiger partial charge is 0.482 e. The predicted octanol–water partition coefficient (Wildman–Crippen LogP) is 2.35. The van der Waals surface area contributed by atoms with Crippen LogP contribution in [0.25, 0.3) is 0 Å². The molecular formula is C15H18ClNO4. The van der Waals surface area contributed by atoms with E-state index in [4.69, 9.17) is 21.4 Å². The van der Waals surface area contributed by atoms with Crippen LogP contribution in [0.2, 0.25) is 5.02 Å². The SMILES string of the molecule is Cc1ccc(OCC(=O)N2CCC(C(=O)O)CC2)c(Cl)c1. The minimum Gasteiger partial charge on any atom is -0.482 e. The number of benzene rings is 1. The summed E-state index contributed by atoms with van der Waals surface area (Å²) in [5, 5.41) is 9.40. The van der Waals surface area contributed by atoms with Crippen molar-refractivity contribution in [3.63, 3.8) is 0 Å². The number of carboxylic acid groups (broad SMARTS) is 1. The van der Waals surface area contributed by atoms with Gasteiger partial charge in [-0.15, -0.1) is 0 Å². The molecule has 6 heteroatoms. The Balaban J connectivity index is 1.84. The van der Waals surface area contributed by atoms with Crippen LogP contribution in [-0.4, -0.2) is 41.6 Å². The first kappa shape index (κ1) is 15.6. The highest BCUT2D eigenvalue weighted by molar-refractivity contribution is 6.32. The highest BCUT2D eigenvalue weighted by Gasteiger charge is 2.27. The fourth-order valence-electron chi connectivity index (χ4n) is 2.33. The van der Waals surface area contributed by atoms with E-state index in [1.807, 2.05) is 13.0 Å². The second-order valence-corrected chi connectivity index (χ2v) is 5.62. The molecule has 114 valence electrons. The summed E-state index contributed by atoms with van der Waals surface area (Å²) in [4.78, 5) is 24.5. The van der Waals surface area contributed by atoms with Gasteiger partial charge in [0.05, 0.1) is 10.9 Å². The Bertz CT molecular complexity index is 538. The number of likely N-dealkylation sites (tertiary alicyclic amines) is 1. The smallest absolute Gasteiger partial charge is 0.306 e. The molecule has 5 nitrogen and oxygen atoms in total. The normalized spacial score (nSPS) is 15.8. The summed E-state index contributed by atoms with van der Waals surface area (Å²) in [5.41, 5.74) is 1.02. The Morgan fingerprint density at radius 3 is 2.62 bits per heavy atom. The molecule has 0 aromatic heterocycles. The number of amides is 1. The number of hydrogen-bond acceptors (Lipinski definition) is 3. The molecule has 1 fully saturated rings. The van der Waals surface area contributed by atoms with Crippen LogP contribution in [-0.2, 0) is 9.59 Å². The lowest BCUT2D eigenvalue weighted by atomic mass is 9.97. The second kappa shape index (κ2) is 6.80. The number of hydrogen-bond donors (Lipinski definition) is 1. The number of piperidine rings is 1. The molecule has 1 heterocycles. The summed E-state index contributed by atoms with van der Waals surface area (Å²) in [6.07, 6.45) is 0.985. The van der Waals surface area contributed by atoms with Crippen LogP contribution in [0.1, 0.15) is 18.4 Å². The zero-order valence-corrected chi connectivity index (χ0v) is 12.6. The Hall–Kier alpha value is -1.75. The van der Waals surface area contributed by atoms with Gasteiger partial charge >= 0.3 is 5.97 Å². The maximum atomic E-state index is 12.0. The molecule has 1 amide bonds. The molecule has 0 bridgehead atoms. The average molecular weight is 312 g/mol. The van der Waals surface area contributed by atoms with Crippen LogP contribution in [0.4, 0.5) is 0 Å². The quantitative estimate of drug-likeness (QED) is 0.927. The van der Waals surface area contributed by atoms with Gasteiger partial charge in [-0.3, -0.25) is 9.59 Å². The van der Waals surface area contributed by atoms with Gasteiger partial charge < -0.3 is 14.7 Å². The van der Waals surface area contributed by atoms with Gasteiger partial charge in [0, 0.05) is 13.1 Å². The first-order chi connectivity index (χ1) is 9.97. The van der Waals surface area contributed by atoms with E-state index in [1.165, 1.54) is 0 Å². The Morgan fingerprint density at radius 2 is 2.05 bits per heavy atom. The number of carbonyl (C=O) groups excluding carboxylic acids is 1. The molecule has 0 radical (unpaired) electrons. The molecule has 1 aliphatic heterocycles. The van der Waals surface area contributed by atoms with Gasteiger partial charge in [0.25, 0.3) is 5.91 Å². The molecule has 0 unspecified atom stereocenters. The van der Waals surface area contributed by atoms with Crippen molar-refractivity contribution in [2.45, 2.75) is 19.8 Å². The topological polar surface area (TPSA) is 66.8 Å². The van der Waals surface area contributed by atoms with Crippen molar-refractivity contribution in [2.24, 2.45) is 5.92 Å². The summed E-state index contributed by atoms with van der Waals surface area (Å²) in [5.74, 6) is -0.794. The van der Waals surface area contributed by atoms with Gasteiger partial charge in [-0.05, 0) is 37.5 Å². The minimum absolute atomic E-state index is 0.0828. The molecule has 2 rings (SSSR count). The lowest BCUT2D eigenvalue weighted by molar-refractivity contribution is -0.146. The van der Waals surface area contributed by atoms with E-state index >= 15 is 0 Å². The first-order valence-corrected chi connectivity index (χ1v) is 7.24. The summed E-state index contributed by atoms with van der Waals surface area (Å²) in [6.45, 7) is 2.76. The minimum atomic E-state index is -0.787. The fraction of sp³-hybridized carbons (Fsp3) is 0.467. The van der Waals surface area contributed by atoms with Crippen LogP contribution in [0.3, 0.4) is 0 Å². The third-order valence-electron chi connectivity index (χ3n) is 3.64. The van der Waals surface area contributed by atoms with E-state index in [2.05, 4.69) is 0 Å². The summed E-state index contributed by atoms with van der Waals surface area (Å²) >= 11 is 6.04. The van der Waals surface area contributed by atoms with Gasteiger partial charge in [-0.1, -0.05) is 17.7 Å². The third kappa shape index (κ3) is 4.11. The second-order valence-electron chi connectivity index (χ2n) is 5.22. The highest BCUT2D eigenvalue weighted by Crippen LogP contribution is 2.25. The van der Waals surface area contributed by atoms with Crippen molar-refractivity contribution in [3.05, 3.63) is 28.8 Å². The van der Waals surface area contributed by atoms with Gasteiger partial charge in [0.15, 0.2) is 6.61 Å². The molecule has 0 aliphatic carbocycles. The van der Waals surface area contributed by atoms with Gasteiger partial charge in [0.2, 0.25) is 0 Å². The number of carbonyl (C=O) groups is 2. The van der Waals surface area contributed by atoms with E-state index in [-0.39, 0.29) is 18.4 Å². The molecule has 1 aromatic rings. The zero-order valence-electron chi connectivity index (χ0n) is 11.8. The van der Waals surface area contributed by atoms with Crippen LogP contribution >= 0.6 is 11.6 Å². The van der Waals surface area contributed by atoms with Crippen molar-refractivity contribution in [2.75, 3.05) is 19.7 Å². The van der Waals surface area contributed by atoms with Crippen LogP contribution in [0.15, 0.2) is 18.2 Å². The lowest BCUT2D eigenvalue weighted by Crippen LogP contribution is -2.42. The maximum Gasteiger partial charge on any atom is 0.306 e. The van der Waals surface area contributed by atoms with Crippen LogP contribution in [0.5, 0.6) is 5.75 Å². The number of rotatable bonds is 4. The zero-order chi connectivity index (χ0) is 15.4. The molecule has 21 heavy (non-hydrogen) atoms.